The van der Waals surface area contributed by atoms with Crippen LogP contribution in [0.4, 0.5) is 0 Å². The third kappa shape index (κ3) is 4.87. The van der Waals surface area contributed by atoms with Crippen molar-refractivity contribution in [2.75, 3.05) is 39.3 Å². The van der Waals surface area contributed by atoms with Crippen LogP contribution in [0.2, 0.25) is 0 Å². The highest BCUT2D eigenvalue weighted by Gasteiger charge is 2.35. The fourth-order valence-corrected chi connectivity index (χ4v) is 3.84. The Bertz CT molecular complexity index is 657. The zero-order valence-corrected chi connectivity index (χ0v) is 16.5. The summed E-state index contributed by atoms with van der Waals surface area (Å²) in [5.74, 6) is -0.0167. The maximum absolute atomic E-state index is 12.9. The summed E-state index contributed by atoms with van der Waals surface area (Å²) >= 11 is 0. The van der Waals surface area contributed by atoms with Gasteiger partial charge in [0, 0.05) is 58.2 Å². The third-order valence-corrected chi connectivity index (χ3v) is 5.81. The molecular weight excluding hydrogens is 340 g/mol. The molecule has 6 heteroatoms. The predicted molar refractivity (Wildman–Crippen MR) is 106 cm³/mol. The highest BCUT2D eigenvalue weighted by Crippen LogP contribution is 2.25. The number of rotatable bonds is 6. The molecule has 2 atom stereocenters. The van der Waals surface area contributed by atoms with Crippen LogP contribution in [0.3, 0.4) is 0 Å². The van der Waals surface area contributed by atoms with Crippen LogP contribution >= 0.6 is 0 Å². The Balaban J connectivity index is 1.65. The van der Waals surface area contributed by atoms with E-state index in [0.29, 0.717) is 19.5 Å². The first-order valence-corrected chi connectivity index (χ1v) is 10.2. The van der Waals surface area contributed by atoms with E-state index in [0.717, 1.165) is 44.7 Å². The number of amides is 2. The molecule has 0 saturated carbocycles. The van der Waals surface area contributed by atoms with Gasteiger partial charge in [0.05, 0.1) is 0 Å². The maximum atomic E-state index is 12.9. The van der Waals surface area contributed by atoms with Gasteiger partial charge in [0.25, 0.3) is 0 Å². The van der Waals surface area contributed by atoms with Gasteiger partial charge in [-0.15, -0.1) is 0 Å². The first-order valence-electron chi connectivity index (χ1n) is 10.2. The fraction of sp³-hybridized carbons (Fsp3) is 0.619. The normalized spacial score (nSPS) is 21.4. The van der Waals surface area contributed by atoms with Crippen molar-refractivity contribution in [3.63, 3.8) is 0 Å². The minimum Gasteiger partial charge on any atom is -0.353 e. The number of hydrogen-bond acceptors (Lipinski definition) is 4. The minimum atomic E-state index is -0.413. The number of nitrogens with one attached hydrogen (secondary N) is 2. The quantitative estimate of drug-likeness (QED) is 0.782. The van der Waals surface area contributed by atoms with Gasteiger partial charge >= 0.3 is 0 Å². The van der Waals surface area contributed by atoms with Gasteiger partial charge in [-0.3, -0.25) is 14.5 Å². The van der Waals surface area contributed by atoms with Gasteiger partial charge in [-0.25, -0.2) is 0 Å². The summed E-state index contributed by atoms with van der Waals surface area (Å²) in [6, 6.07) is 7.72. The SMILES string of the molecule is CCC(C)C(=O)N1Cc2ccccc2CC1C(=O)NCCN1CCNCC1. The van der Waals surface area contributed by atoms with Crippen molar-refractivity contribution in [3.05, 3.63) is 35.4 Å². The largest absolute Gasteiger partial charge is 0.353 e. The van der Waals surface area contributed by atoms with Crippen molar-refractivity contribution in [2.24, 2.45) is 5.92 Å². The molecule has 2 aliphatic heterocycles. The van der Waals surface area contributed by atoms with E-state index >= 15 is 0 Å². The zero-order chi connectivity index (χ0) is 19.2. The van der Waals surface area contributed by atoms with Crippen LogP contribution in [0.5, 0.6) is 0 Å². The second kappa shape index (κ2) is 9.33. The Labute approximate surface area is 162 Å². The number of nitrogens with zero attached hydrogens (tertiary/aromatic N) is 2. The van der Waals surface area contributed by atoms with Crippen molar-refractivity contribution in [1.29, 1.82) is 0 Å². The minimum absolute atomic E-state index is 0.0312. The van der Waals surface area contributed by atoms with Crippen LogP contribution in [0.1, 0.15) is 31.4 Å². The van der Waals surface area contributed by atoms with E-state index in [2.05, 4.69) is 27.7 Å². The molecule has 6 nitrogen and oxygen atoms in total. The molecular formula is C21H32N4O2. The summed E-state index contributed by atoms with van der Waals surface area (Å²) < 4.78 is 0. The molecule has 0 radical (unpaired) electrons. The van der Waals surface area contributed by atoms with Crippen LogP contribution in [-0.4, -0.2) is 66.9 Å². The molecule has 1 aromatic rings. The molecule has 3 rings (SSSR count). The van der Waals surface area contributed by atoms with Crippen LogP contribution in [0.15, 0.2) is 24.3 Å². The number of carbonyl (C=O) groups excluding carboxylic acids is 2. The lowest BCUT2D eigenvalue weighted by Crippen LogP contribution is -2.54. The molecule has 2 aliphatic rings. The molecule has 0 aliphatic carbocycles. The van der Waals surface area contributed by atoms with Crippen molar-refractivity contribution in [3.8, 4) is 0 Å². The summed E-state index contributed by atoms with van der Waals surface area (Å²) in [6.07, 6.45) is 1.38. The molecule has 0 bridgehead atoms. The van der Waals surface area contributed by atoms with Crippen molar-refractivity contribution in [1.82, 2.24) is 20.4 Å². The first kappa shape index (κ1) is 19.8. The van der Waals surface area contributed by atoms with Crippen molar-refractivity contribution < 1.29 is 9.59 Å². The summed E-state index contributed by atoms with van der Waals surface area (Å²) in [4.78, 5) is 30.0. The standard InChI is InChI=1S/C21H32N4O2/c1-3-16(2)21(27)25-15-18-7-5-4-6-17(18)14-19(25)20(26)23-10-13-24-11-8-22-9-12-24/h4-7,16,19,22H,3,8-15H2,1-2H3,(H,23,26). The summed E-state index contributed by atoms with van der Waals surface area (Å²) in [7, 11) is 0. The number of fused-ring (bicyclic) bond motifs is 1. The average Bonchev–Trinajstić information content (AvgIpc) is 2.72. The molecule has 0 aromatic heterocycles. The van der Waals surface area contributed by atoms with E-state index in [9.17, 15) is 9.59 Å². The summed E-state index contributed by atoms with van der Waals surface area (Å²) in [5.41, 5.74) is 2.33. The number of hydrogen-bond donors (Lipinski definition) is 2. The third-order valence-electron chi connectivity index (χ3n) is 5.81. The Morgan fingerprint density at radius 1 is 1.22 bits per heavy atom. The zero-order valence-electron chi connectivity index (χ0n) is 16.5. The fourth-order valence-electron chi connectivity index (χ4n) is 3.84. The van der Waals surface area contributed by atoms with Gasteiger partial charge in [-0.05, 0) is 17.5 Å². The molecule has 27 heavy (non-hydrogen) atoms. The van der Waals surface area contributed by atoms with Gasteiger partial charge in [0.2, 0.25) is 11.8 Å². The lowest BCUT2D eigenvalue weighted by atomic mass is 9.92. The highest BCUT2D eigenvalue weighted by atomic mass is 16.2. The predicted octanol–water partition coefficient (Wildman–Crippen LogP) is 1.01. The van der Waals surface area contributed by atoms with Gasteiger partial charge in [0.15, 0.2) is 0 Å². The number of benzene rings is 1. The van der Waals surface area contributed by atoms with Gasteiger partial charge < -0.3 is 15.5 Å². The van der Waals surface area contributed by atoms with E-state index in [4.69, 9.17) is 0 Å². The van der Waals surface area contributed by atoms with Crippen LogP contribution in [0.25, 0.3) is 0 Å². The second-order valence-electron chi connectivity index (χ2n) is 7.65. The summed E-state index contributed by atoms with van der Waals surface area (Å²) in [5, 5.41) is 6.41. The molecule has 1 aromatic carbocycles. The highest BCUT2D eigenvalue weighted by molar-refractivity contribution is 5.89. The second-order valence-corrected chi connectivity index (χ2v) is 7.65. The molecule has 1 saturated heterocycles. The van der Waals surface area contributed by atoms with E-state index in [1.807, 2.05) is 26.0 Å². The van der Waals surface area contributed by atoms with E-state index in [1.165, 1.54) is 5.56 Å². The lowest BCUT2D eigenvalue weighted by molar-refractivity contribution is -0.144. The first-order chi connectivity index (χ1) is 13.1. The van der Waals surface area contributed by atoms with E-state index in [-0.39, 0.29) is 17.7 Å². The van der Waals surface area contributed by atoms with Crippen molar-refractivity contribution >= 4 is 11.8 Å². The maximum Gasteiger partial charge on any atom is 0.243 e. The Hall–Kier alpha value is -1.92. The molecule has 148 valence electrons. The topological polar surface area (TPSA) is 64.7 Å². The number of piperazine rings is 1. The monoisotopic (exact) mass is 372 g/mol. The van der Waals surface area contributed by atoms with Crippen LogP contribution in [0, 0.1) is 5.92 Å². The van der Waals surface area contributed by atoms with Gasteiger partial charge in [-0.2, -0.15) is 0 Å². The molecule has 2 unspecified atom stereocenters. The van der Waals surface area contributed by atoms with E-state index < -0.39 is 6.04 Å². The molecule has 2 amide bonds. The molecule has 2 heterocycles. The van der Waals surface area contributed by atoms with Crippen LogP contribution < -0.4 is 10.6 Å². The van der Waals surface area contributed by atoms with Gasteiger partial charge in [-0.1, -0.05) is 38.1 Å². The van der Waals surface area contributed by atoms with E-state index in [1.54, 1.807) is 4.90 Å². The van der Waals surface area contributed by atoms with Crippen LogP contribution in [-0.2, 0) is 22.6 Å². The Morgan fingerprint density at radius 3 is 2.63 bits per heavy atom. The summed E-state index contributed by atoms with van der Waals surface area (Å²) in [6.45, 7) is 10.0. The molecule has 2 N–H and O–H groups in total. The molecule has 1 fully saturated rings. The lowest BCUT2D eigenvalue weighted by Gasteiger charge is -2.37. The number of carbonyl (C=O) groups is 2. The Morgan fingerprint density at radius 2 is 1.93 bits per heavy atom. The average molecular weight is 373 g/mol. The van der Waals surface area contributed by atoms with Gasteiger partial charge in [0.1, 0.15) is 6.04 Å². The Kier molecular flexibility index (Phi) is 6.85. The van der Waals surface area contributed by atoms with Crippen molar-refractivity contribution in [2.45, 2.75) is 39.3 Å². The smallest absolute Gasteiger partial charge is 0.243 e. The molecule has 0 spiro atoms.